The molecule has 1 aromatic heterocycles. The molecular weight excluding hydrogens is 325 g/mol. The summed E-state index contributed by atoms with van der Waals surface area (Å²) in [6, 6.07) is 0. The van der Waals surface area contributed by atoms with Crippen molar-refractivity contribution in [2.24, 2.45) is 31.7 Å². The minimum atomic E-state index is -3.92. The average Bonchev–Trinajstić information content (AvgIpc) is 2.68. The van der Waals surface area contributed by atoms with Gasteiger partial charge in [-0.2, -0.15) is 25.2 Å². The SMILES string of the molecule is NC(N)=Nc1nc(CS[13CH2][13CH2]/[13C](N)=N/S(N)(=O)=O)cs1. The first-order valence-corrected chi connectivity index (χ1v) is 8.79. The van der Waals surface area contributed by atoms with Crippen molar-refractivity contribution in [3.05, 3.63) is 11.1 Å². The highest BCUT2D eigenvalue weighted by Crippen LogP contribution is 2.21. The van der Waals surface area contributed by atoms with Gasteiger partial charge in [0.25, 0.3) is 0 Å². The van der Waals surface area contributed by atoms with Crippen LogP contribution in [0.1, 0.15) is 12.1 Å². The highest BCUT2D eigenvalue weighted by atomic mass is 32.2. The summed E-state index contributed by atoms with van der Waals surface area (Å²) in [4.78, 5) is 8.03. The third kappa shape index (κ3) is 7.28. The van der Waals surface area contributed by atoms with Crippen LogP contribution in [0.2, 0.25) is 0 Å². The van der Waals surface area contributed by atoms with Crippen molar-refractivity contribution in [2.45, 2.75) is 12.2 Å². The number of guanidine groups is 1. The lowest BCUT2D eigenvalue weighted by Gasteiger charge is -1.99. The first kappa shape index (κ1) is 16.7. The lowest BCUT2D eigenvalue weighted by atomic mass is 10.6. The first-order chi connectivity index (χ1) is 9.26. The second kappa shape index (κ2) is 7.42. The summed E-state index contributed by atoms with van der Waals surface area (Å²) in [5.74, 6) is 1.18. The zero-order valence-corrected chi connectivity index (χ0v) is 12.8. The van der Waals surface area contributed by atoms with Gasteiger partial charge < -0.3 is 17.2 Å². The lowest BCUT2D eigenvalue weighted by Crippen LogP contribution is -2.21. The molecule has 0 atom stereocenters. The monoisotopic (exact) mass is 340 g/mol. The number of thioether (sulfide) groups is 1. The molecule has 8 N–H and O–H groups in total. The van der Waals surface area contributed by atoms with Crippen LogP contribution in [0.15, 0.2) is 14.8 Å². The fourth-order valence-corrected chi connectivity index (χ4v) is 3.17. The standard InChI is InChI=1S/C8H15N7O2S3/c9-6(15-20(12,16)17)1-2-18-3-5-4-19-8(13-5)14-7(10)11/h4H,1-3H2,(H2,9,15)(H2,12,16,17)(H4,10,11,13,14)/i1+1,2+1,6+1. The largest absolute Gasteiger partial charge is 0.386 e. The Morgan fingerprint density at radius 1 is 1.40 bits per heavy atom. The summed E-state index contributed by atoms with van der Waals surface area (Å²) >= 11 is 2.86. The van der Waals surface area contributed by atoms with E-state index in [4.69, 9.17) is 22.3 Å². The smallest absolute Gasteiger partial charge is 0.318 e. The molecule has 112 valence electrons. The van der Waals surface area contributed by atoms with Gasteiger partial charge in [-0.1, -0.05) is 0 Å². The van der Waals surface area contributed by atoms with E-state index >= 15 is 0 Å². The molecule has 0 aliphatic rings. The van der Waals surface area contributed by atoms with Crippen LogP contribution in [0.4, 0.5) is 5.13 Å². The van der Waals surface area contributed by atoms with E-state index < -0.39 is 10.2 Å². The molecule has 1 aromatic rings. The van der Waals surface area contributed by atoms with Gasteiger partial charge in [0, 0.05) is 23.3 Å². The Hall–Kier alpha value is -1.37. The Labute approximate surface area is 124 Å². The van der Waals surface area contributed by atoms with E-state index in [2.05, 4.69) is 14.4 Å². The molecule has 0 bridgehead atoms. The first-order valence-electron chi connectivity index (χ1n) is 5.25. The van der Waals surface area contributed by atoms with Crippen LogP contribution < -0.4 is 22.3 Å². The maximum atomic E-state index is 10.6. The van der Waals surface area contributed by atoms with Crippen LogP contribution >= 0.6 is 23.1 Å². The van der Waals surface area contributed by atoms with Gasteiger partial charge in [-0.25, -0.2) is 10.1 Å². The van der Waals surface area contributed by atoms with Crippen LogP contribution in [-0.2, 0) is 16.0 Å². The minimum Gasteiger partial charge on any atom is -0.386 e. The molecule has 0 saturated carbocycles. The second-order valence-corrected chi connectivity index (χ2v) is 6.71. The Morgan fingerprint density at radius 3 is 2.70 bits per heavy atom. The number of amidine groups is 1. The van der Waals surface area contributed by atoms with Crippen LogP contribution in [0.25, 0.3) is 0 Å². The number of thiazole rings is 1. The number of nitrogens with two attached hydrogens (primary N) is 4. The highest BCUT2D eigenvalue weighted by molar-refractivity contribution is 7.98. The van der Waals surface area contributed by atoms with Crippen molar-refractivity contribution >= 4 is 50.2 Å². The number of aromatic nitrogens is 1. The molecule has 0 radical (unpaired) electrons. The zero-order chi connectivity index (χ0) is 15.2. The third-order valence-electron chi connectivity index (χ3n) is 1.76. The Bertz CT molecular complexity index is 603. The van der Waals surface area contributed by atoms with Gasteiger partial charge in [0.15, 0.2) is 5.96 Å². The molecule has 0 aliphatic heterocycles. The maximum Gasteiger partial charge on any atom is 0.318 e. The molecule has 12 heteroatoms. The van der Waals surface area contributed by atoms with Crippen molar-refractivity contribution < 1.29 is 8.42 Å². The van der Waals surface area contributed by atoms with Crippen molar-refractivity contribution in [3.63, 3.8) is 0 Å². The fourth-order valence-electron chi connectivity index (χ4n) is 1.09. The zero-order valence-electron chi connectivity index (χ0n) is 10.4. The molecule has 0 aromatic carbocycles. The summed E-state index contributed by atoms with van der Waals surface area (Å²) < 4.78 is 24.5. The van der Waals surface area contributed by atoms with Gasteiger partial charge in [-0.15, -0.1) is 15.7 Å². The van der Waals surface area contributed by atoms with E-state index in [-0.39, 0.29) is 11.8 Å². The molecule has 1 heterocycles. The number of rotatable bonds is 7. The third-order valence-corrected chi connectivity index (χ3v) is 4.03. The predicted molar refractivity (Wildman–Crippen MR) is 83.1 cm³/mol. The normalized spacial score (nSPS) is 12.3. The van der Waals surface area contributed by atoms with E-state index in [9.17, 15) is 8.42 Å². The maximum absolute atomic E-state index is 10.6. The molecule has 9 nitrogen and oxygen atoms in total. The van der Waals surface area contributed by atoms with Crippen LogP contribution in [0, 0.1) is 0 Å². The second-order valence-electron chi connectivity index (χ2n) is 3.56. The van der Waals surface area contributed by atoms with E-state index in [1.165, 1.54) is 23.1 Å². The molecule has 0 unspecified atom stereocenters. The van der Waals surface area contributed by atoms with E-state index in [0.29, 0.717) is 23.1 Å². The molecule has 0 fully saturated rings. The van der Waals surface area contributed by atoms with Crippen molar-refractivity contribution in [3.8, 4) is 0 Å². The molecule has 0 amide bonds. The number of hydrogen-bond acceptors (Lipinski definition) is 6. The van der Waals surface area contributed by atoms with Crippen LogP contribution in [0.3, 0.4) is 0 Å². The molecule has 20 heavy (non-hydrogen) atoms. The highest BCUT2D eigenvalue weighted by Gasteiger charge is 2.04. The average molecular weight is 340 g/mol. The molecule has 0 saturated heterocycles. The van der Waals surface area contributed by atoms with E-state index in [1.807, 2.05) is 5.38 Å². The van der Waals surface area contributed by atoms with Crippen molar-refractivity contribution in [1.29, 1.82) is 0 Å². The summed E-state index contributed by atoms with van der Waals surface area (Å²) in [6.07, 6.45) is 0.325. The van der Waals surface area contributed by atoms with Gasteiger partial charge in [-0.3, -0.25) is 0 Å². The van der Waals surface area contributed by atoms with E-state index in [0.717, 1.165) is 5.69 Å². The minimum absolute atomic E-state index is 0.0144. The van der Waals surface area contributed by atoms with Gasteiger partial charge in [0.1, 0.15) is 5.84 Å². The van der Waals surface area contributed by atoms with Gasteiger partial charge >= 0.3 is 10.2 Å². The van der Waals surface area contributed by atoms with Gasteiger partial charge in [0.2, 0.25) is 5.13 Å². The molecule has 0 spiro atoms. The van der Waals surface area contributed by atoms with Gasteiger partial charge in [0.05, 0.1) is 5.69 Å². The van der Waals surface area contributed by atoms with Crippen LogP contribution in [-0.4, -0.2) is 30.9 Å². The summed E-state index contributed by atoms with van der Waals surface area (Å²) in [5, 5.41) is 7.07. The predicted octanol–water partition coefficient (Wildman–Crippen LogP) is -0.768. The van der Waals surface area contributed by atoms with Gasteiger partial charge in [-0.05, 0) is 0 Å². The van der Waals surface area contributed by atoms with Crippen molar-refractivity contribution in [2.75, 3.05) is 5.75 Å². The number of hydrogen-bond donors (Lipinski definition) is 4. The van der Waals surface area contributed by atoms with Crippen LogP contribution in [0.5, 0.6) is 0 Å². The fraction of sp³-hybridized carbons (Fsp3) is 0.375. The number of aliphatic imine (C=N–C) groups is 1. The summed E-state index contributed by atoms with van der Waals surface area (Å²) in [6.45, 7) is 0. The Kier molecular flexibility index (Phi) is 6.19. The molecule has 1 rings (SSSR count). The molecular formula is C8H15N7O2S3. The Morgan fingerprint density at radius 2 is 2.10 bits per heavy atom. The topological polar surface area (TPSA) is 176 Å². The quantitative estimate of drug-likeness (QED) is 0.218. The summed E-state index contributed by atoms with van der Waals surface area (Å²) in [5.41, 5.74) is 16.7. The Balaban J connectivity index is 2.37. The van der Waals surface area contributed by atoms with E-state index in [1.54, 1.807) is 0 Å². The number of nitrogens with zero attached hydrogens (tertiary/aromatic N) is 3. The van der Waals surface area contributed by atoms with Crippen molar-refractivity contribution in [1.82, 2.24) is 4.98 Å². The molecule has 0 aliphatic carbocycles. The summed E-state index contributed by atoms with van der Waals surface area (Å²) in [7, 11) is -3.92. The lowest BCUT2D eigenvalue weighted by molar-refractivity contribution is 0.599.